The average Bonchev–Trinajstić information content (AvgIpc) is 3.26. The second-order valence-corrected chi connectivity index (χ2v) is 6.91. The van der Waals surface area contributed by atoms with Gasteiger partial charge in [-0.1, -0.05) is 6.07 Å². The molecule has 0 aliphatic carbocycles. The summed E-state index contributed by atoms with van der Waals surface area (Å²) in [6.07, 6.45) is 2.28. The molecule has 1 saturated heterocycles. The van der Waals surface area contributed by atoms with Crippen LogP contribution in [-0.2, 0) is 17.8 Å². The van der Waals surface area contributed by atoms with Crippen LogP contribution in [-0.4, -0.2) is 36.1 Å². The first-order valence-corrected chi connectivity index (χ1v) is 8.78. The lowest BCUT2D eigenvalue weighted by Crippen LogP contribution is -2.39. The van der Waals surface area contributed by atoms with Crippen molar-refractivity contribution in [2.75, 3.05) is 13.1 Å². The lowest BCUT2D eigenvalue weighted by molar-refractivity contribution is -0.121. The summed E-state index contributed by atoms with van der Waals surface area (Å²) in [5.74, 6) is 0.795. The first-order valence-electron chi connectivity index (χ1n) is 7.90. The number of rotatable bonds is 7. The molecule has 0 aromatic carbocycles. The highest BCUT2D eigenvalue weighted by atomic mass is 32.1. The number of furan rings is 1. The highest BCUT2D eigenvalue weighted by Crippen LogP contribution is 2.23. The van der Waals surface area contributed by atoms with Crippen molar-refractivity contribution in [1.82, 2.24) is 10.2 Å². The quantitative estimate of drug-likeness (QED) is 0.845. The molecule has 4 nitrogen and oxygen atoms in total. The number of alkyl halides is 1. The molecule has 1 N–H and O–H groups in total. The Kier molecular flexibility index (Phi) is 5.46. The van der Waals surface area contributed by atoms with Gasteiger partial charge in [-0.25, -0.2) is 4.39 Å². The number of likely N-dealkylation sites (tertiary alicyclic amines) is 1. The summed E-state index contributed by atoms with van der Waals surface area (Å²) in [6.45, 7) is 1.71. The van der Waals surface area contributed by atoms with E-state index in [1.165, 1.54) is 4.88 Å². The molecule has 0 radical (unpaired) electrons. The van der Waals surface area contributed by atoms with Gasteiger partial charge < -0.3 is 9.73 Å². The Balaban J connectivity index is 1.44. The molecule has 2 atom stereocenters. The zero-order chi connectivity index (χ0) is 16.1. The molecule has 1 aliphatic rings. The second kappa shape index (κ2) is 7.75. The molecule has 23 heavy (non-hydrogen) atoms. The number of carbonyl (C=O) groups excluding carboxylic acids is 1. The Morgan fingerprint density at radius 3 is 3.09 bits per heavy atom. The van der Waals surface area contributed by atoms with E-state index >= 15 is 0 Å². The Bertz CT molecular complexity index is 600. The van der Waals surface area contributed by atoms with Crippen molar-refractivity contribution in [2.24, 2.45) is 0 Å². The minimum absolute atomic E-state index is 0.0141. The normalized spacial score (nSPS) is 21.6. The maximum absolute atomic E-state index is 13.7. The standard InChI is InChI=1S/C17H21FN2O2S/c18-13-9-14(20(11-13)12-16-4-2-8-23-16)10-19-17(21)6-5-15-3-1-7-22-15/h1-4,7-8,13-14H,5-6,9-12H2,(H,19,21)/t13-,14-/m0/s1. The van der Waals surface area contributed by atoms with Gasteiger partial charge in [0.25, 0.3) is 0 Å². The van der Waals surface area contributed by atoms with Gasteiger partial charge in [-0.2, -0.15) is 0 Å². The third-order valence-corrected chi connectivity index (χ3v) is 4.99. The van der Waals surface area contributed by atoms with E-state index in [0.717, 1.165) is 12.3 Å². The third kappa shape index (κ3) is 4.65. The van der Waals surface area contributed by atoms with Crippen LogP contribution in [0.2, 0.25) is 0 Å². The molecular formula is C17H21FN2O2S. The van der Waals surface area contributed by atoms with Crippen LogP contribution < -0.4 is 5.32 Å². The fourth-order valence-corrected chi connectivity index (χ4v) is 3.67. The van der Waals surface area contributed by atoms with Gasteiger partial charge >= 0.3 is 0 Å². The molecule has 3 rings (SSSR count). The summed E-state index contributed by atoms with van der Waals surface area (Å²) in [4.78, 5) is 15.3. The van der Waals surface area contributed by atoms with Crippen LogP contribution in [0.15, 0.2) is 40.3 Å². The Morgan fingerprint density at radius 2 is 2.35 bits per heavy atom. The zero-order valence-electron chi connectivity index (χ0n) is 12.9. The van der Waals surface area contributed by atoms with Crippen LogP contribution in [0.1, 0.15) is 23.5 Å². The van der Waals surface area contributed by atoms with E-state index in [4.69, 9.17) is 4.42 Å². The van der Waals surface area contributed by atoms with E-state index in [9.17, 15) is 9.18 Å². The monoisotopic (exact) mass is 336 g/mol. The van der Waals surface area contributed by atoms with E-state index in [-0.39, 0.29) is 11.9 Å². The number of carbonyl (C=O) groups is 1. The summed E-state index contributed by atoms with van der Waals surface area (Å²) in [5, 5.41) is 4.96. The van der Waals surface area contributed by atoms with Gasteiger partial charge in [0.1, 0.15) is 11.9 Å². The smallest absolute Gasteiger partial charge is 0.220 e. The van der Waals surface area contributed by atoms with Crippen LogP contribution in [0, 0.1) is 0 Å². The van der Waals surface area contributed by atoms with Crippen molar-refractivity contribution < 1.29 is 13.6 Å². The number of nitrogens with zero attached hydrogens (tertiary/aromatic N) is 1. The second-order valence-electron chi connectivity index (χ2n) is 5.88. The van der Waals surface area contributed by atoms with E-state index in [1.54, 1.807) is 17.6 Å². The first-order chi connectivity index (χ1) is 11.2. The SMILES string of the molecule is O=C(CCc1ccco1)NC[C@@H]1C[C@H](F)CN1Cc1cccs1. The van der Waals surface area contributed by atoms with Gasteiger partial charge in [0.15, 0.2) is 0 Å². The number of nitrogens with one attached hydrogen (secondary N) is 1. The first kappa shape index (κ1) is 16.2. The number of aryl methyl sites for hydroxylation is 1. The van der Waals surface area contributed by atoms with Crippen molar-refractivity contribution in [3.8, 4) is 0 Å². The highest BCUT2D eigenvalue weighted by Gasteiger charge is 2.32. The third-order valence-electron chi connectivity index (χ3n) is 4.13. The van der Waals surface area contributed by atoms with E-state index < -0.39 is 6.17 Å². The van der Waals surface area contributed by atoms with E-state index in [0.29, 0.717) is 32.4 Å². The van der Waals surface area contributed by atoms with Crippen molar-refractivity contribution in [2.45, 2.75) is 38.0 Å². The Morgan fingerprint density at radius 1 is 1.43 bits per heavy atom. The fourth-order valence-electron chi connectivity index (χ4n) is 2.94. The summed E-state index contributed by atoms with van der Waals surface area (Å²) in [7, 11) is 0. The number of halogens is 1. The van der Waals surface area contributed by atoms with E-state index in [1.807, 2.05) is 23.6 Å². The largest absolute Gasteiger partial charge is 0.469 e. The Labute approximate surface area is 139 Å². The van der Waals surface area contributed by atoms with Crippen LogP contribution in [0.4, 0.5) is 4.39 Å². The molecule has 124 valence electrons. The van der Waals surface area contributed by atoms with Gasteiger partial charge in [-0.15, -0.1) is 11.3 Å². The van der Waals surface area contributed by atoms with Gasteiger partial charge in [-0.05, 0) is 30.0 Å². The topological polar surface area (TPSA) is 45.5 Å². The molecule has 2 aromatic heterocycles. The molecule has 0 unspecified atom stereocenters. The van der Waals surface area contributed by atoms with E-state index in [2.05, 4.69) is 16.3 Å². The molecule has 2 aromatic rings. The van der Waals surface area contributed by atoms with Crippen molar-refractivity contribution in [3.63, 3.8) is 0 Å². The minimum Gasteiger partial charge on any atom is -0.469 e. The molecule has 1 amide bonds. The maximum Gasteiger partial charge on any atom is 0.220 e. The predicted molar refractivity (Wildman–Crippen MR) is 88.1 cm³/mol. The lowest BCUT2D eigenvalue weighted by atomic mass is 10.2. The lowest BCUT2D eigenvalue weighted by Gasteiger charge is -2.23. The number of amides is 1. The van der Waals surface area contributed by atoms with Gasteiger partial charge in [0.2, 0.25) is 5.91 Å². The van der Waals surface area contributed by atoms with Crippen molar-refractivity contribution in [3.05, 3.63) is 46.5 Å². The van der Waals surface area contributed by atoms with Crippen LogP contribution in [0.5, 0.6) is 0 Å². The fraction of sp³-hybridized carbons (Fsp3) is 0.471. The van der Waals surface area contributed by atoms with Crippen molar-refractivity contribution >= 4 is 17.2 Å². The van der Waals surface area contributed by atoms with Gasteiger partial charge in [0, 0.05) is 43.4 Å². The average molecular weight is 336 g/mol. The molecular weight excluding hydrogens is 315 g/mol. The van der Waals surface area contributed by atoms with Crippen LogP contribution in [0.25, 0.3) is 0 Å². The van der Waals surface area contributed by atoms with Crippen molar-refractivity contribution in [1.29, 1.82) is 0 Å². The zero-order valence-corrected chi connectivity index (χ0v) is 13.7. The molecule has 0 saturated carbocycles. The minimum atomic E-state index is -0.806. The summed E-state index contributed by atoms with van der Waals surface area (Å²) in [6, 6.07) is 7.82. The molecule has 3 heterocycles. The molecule has 1 aliphatic heterocycles. The number of hydrogen-bond donors (Lipinski definition) is 1. The number of thiophene rings is 1. The summed E-state index contributed by atoms with van der Waals surface area (Å²) in [5.41, 5.74) is 0. The molecule has 0 bridgehead atoms. The van der Waals surface area contributed by atoms with Crippen LogP contribution in [0.3, 0.4) is 0 Å². The predicted octanol–water partition coefficient (Wildman–Crippen LogP) is 3.00. The Hall–Kier alpha value is -1.66. The summed E-state index contributed by atoms with van der Waals surface area (Å²) < 4.78 is 19.0. The maximum atomic E-state index is 13.7. The molecule has 0 spiro atoms. The van der Waals surface area contributed by atoms with Gasteiger partial charge in [-0.3, -0.25) is 9.69 Å². The highest BCUT2D eigenvalue weighted by molar-refractivity contribution is 7.09. The molecule has 1 fully saturated rings. The molecule has 6 heteroatoms. The summed E-state index contributed by atoms with van der Waals surface area (Å²) >= 11 is 1.68. The number of hydrogen-bond acceptors (Lipinski definition) is 4. The van der Waals surface area contributed by atoms with Crippen LogP contribution >= 0.6 is 11.3 Å². The van der Waals surface area contributed by atoms with Gasteiger partial charge in [0.05, 0.1) is 6.26 Å².